The van der Waals surface area contributed by atoms with Gasteiger partial charge in [0.15, 0.2) is 0 Å². The number of nitrogens with zero attached hydrogens (tertiary/aromatic N) is 1. The largest absolute Gasteiger partial charge is 0.438 e. The van der Waals surface area contributed by atoms with Gasteiger partial charge in [-0.05, 0) is 46.3 Å². The number of rotatable bonds is 3. The molecule has 0 spiro atoms. The van der Waals surface area contributed by atoms with Crippen LogP contribution in [0.2, 0.25) is 0 Å². The second-order valence-electron chi connectivity index (χ2n) is 3.88. The van der Waals surface area contributed by atoms with Gasteiger partial charge in [-0.3, -0.25) is 0 Å². The van der Waals surface area contributed by atoms with Gasteiger partial charge in [-0.15, -0.1) is 0 Å². The minimum absolute atomic E-state index is 0.239. The maximum absolute atomic E-state index is 12.9. The second-order valence-corrected chi connectivity index (χ2v) is 4.80. The van der Waals surface area contributed by atoms with E-state index in [4.69, 9.17) is 4.74 Å². The molecule has 7 heteroatoms. The topological polar surface area (TPSA) is 34.1 Å². The number of benzene rings is 1. The molecule has 1 N–H and O–H groups in total. The van der Waals surface area contributed by atoms with Crippen molar-refractivity contribution < 1.29 is 17.9 Å². The van der Waals surface area contributed by atoms with E-state index in [0.717, 1.165) is 11.8 Å². The zero-order valence-electron chi connectivity index (χ0n) is 10.3. The maximum Gasteiger partial charge on any atom is 0.421 e. The number of aromatic nitrogens is 1. The Morgan fingerprint density at radius 1 is 1.20 bits per heavy atom. The third-order valence-electron chi connectivity index (χ3n) is 2.48. The summed E-state index contributed by atoms with van der Waals surface area (Å²) in [5, 5.41) is 2.90. The molecule has 0 aliphatic rings. The average Bonchev–Trinajstić information content (AvgIpc) is 2.40. The minimum atomic E-state index is -4.53. The zero-order chi connectivity index (χ0) is 14.8. The highest BCUT2D eigenvalue weighted by molar-refractivity contribution is 9.10. The van der Waals surface area contributed by atoms with Crippen molar-refractivity contribution in [3.8, 4) is 11.6 Å². The number of anilines is 1. The van der Waals surface area contributed by atoms with Crippen molar-refractivity contribution in [2.24, 2.45) is 0 Å². The lowest BCUT2D eigenvalue weighted by atomic mass is 10.2. The summed E-state index contributed by atoms with van der Waals surface area (Å²) in [6, 6.07) is 7.46. The van der Waals surface area contributed by atoms with E-state index in [1.165, 1.54) is 6.20 Å². The molecule has 0 radical (unpaired) electrons. The van der Waals surface area contributed by atoms with Crippen LogP contribution in [0.4, 0.5) is 18.9 Å². The number of hydrogen-bond acceptors (Lipinski definition) is 3. The van der Waals surface area contributed by atoms with Gasteiger partial charge in [-0.1, -0.05) is 0 Å². The van der Waals surface area contributed by atoms with E-state index >= 15 is 0 Å². The first kappa shape index (κ1) is 14.6. The molecule has 0 saturated carbocycles. The van der Waals surface area contributed by atoms with Crippen molar-refractivity contribution in [2.45, 2.75) is 6.18 Å². The number of hydrogen-bond donors (Lipinski definition) is 1. The summed E-state index contributed by atoms with van der Waals surface area (Å²) in [5.74, 6) is -0.192. The molecule has 2 aromatic rings. The number of pyridine rings is 1. The summed E-state index contributed by atoms with van der Waals surface area (Å²) >= 11 is 2.97. The summed E-state index contributed by atoms with van der Waals surface area (Å²) < 4.78 is 44.1. The molecule has 20 heavy (non-hydrogen) atoms. The summed E-state index contributed by atoms with van der Waals surface area (Å²) in [5.41, 5.74) is -0.0956. The van der Waals surface area contributed by atoms with Gasteiger partial charge in [0, 0.05) is 23.4 Å². The molecular formula is C13H10BrF3N2O. The van der Waals surface area contributed by atoms with E-state index < -0.39 is 17.6 Å². The number of nitrogens with one attached hydrogen (secondary N) is 1. The van der Waals surface area contributed by atoms with Gasteiger partial charge in [0.05, 0.1) is 0 Å². The molecular weight excluding hydrogens is 337 g/mol. The van der Waals surface area contributed by atoms with Gasteiger partial charge < -0.3 is 10.1 Å². The Kier molecular flexibility index (Phi) is 4.17. The SMILES string of the molecule is CNc1ccc(Oc2ncc(Br)cc2C(F)(F)F)cc1. The molecule has 3 nitrogen and oxygen atoms in total. The molecule has 0 saturated heterocycles. The van der Waals surface area contributed by atoms with Gasteiger partial charge in [-0.25, -0.2) is 4.98 Å². The Hall–Kier alpha value is -1.76. The third-order valence-corrected chi connectivity index (χ3v) is 2.91. The van der Waals surface area contributed by atoms with Crippen molar-refractivity contribution in [1.82, 2.24) is 4.98 Å². The molecule has 0 bridgehead atoms. The number of halogens is 4. The van der Waals surface area contributed by atoms with Crippen LogP contribution in [0.25, 0.3) is 0 Å². The van der Waals surface area contributed by atoms with E-state index in [9.17, 15) is 13.2 Å². The monoisotopic (exact) mass is 346 g/mol. The molecule has 0 aliphatic heterocycles. The van der Waals surface area contributed by atoms with Gasteiger partial charge >= 0.3 is 6.18 Å². The van der Waals surface area contributed by atoms with Gasteiger partial charge in [-0.2, -0.15) is 13.2 Å². The lowest BCUT2D eigenvalue weighted by Gasteiger charge is -2.13. The first-order chi connectivity index (χ1) is 9.40. The zero-order valence-corrected chi connectivity index (χ0v) is 11.9. The van der Waals surface area contributed by atoms with Crippen molar-refractivity contribution in [3.05, 3.63) is 46.6 Å². The van der Waals surface area contributed by atoms with Crippen LogP contribution in [0.15, 0.2) is 41.0 Å². The average molecular weight is 347 g/mol. The van der Waals surface area contributed by atoms with Crippen LogP contribution in [0, 0.1) is 0 Å². The molecule has 0 aliphatic carbocycles. The molecule has 2 rings (SSSR count). The first-order valence-electron chi connectivity index (χ1n) is 5.58. The fourth-order valence-corrected chi connectivity index (χ4v) is 1.84. The Balaban J connectivity index is 2.32. The summed E-state index contributed by atoms with van der Waals surface area (Å²) in [6.45, 7) is 0. The van der Waals surface area contributed by atoms with Crippen LogP contribution in [0.5, 0.6) is 11.6 Å². The number of ether oxygens (including phenoxy) is 1. The van der Waals surface area contributed by atoms with E-state index in [-0.39, 0.29) is 10.2 Å². The summed E-state index contributed by atoms with van der Waals surface area (Å²) in [4.78, 5) is 3.68. The Labute approximate surface area is 121 Å². The number of alkyl halides is 3. The fourth-order valence-electron chi connectivity index (χ4n) is 1.51. The summed E-state index contributed by atoms with van der Waals surface area (Å²) in [7, 11) is 1.74. The second kappa shape index (κ2) is 5.70. The normalized spacial score (nSPS) is 11.2. The van der Waals surface area contributed by atoms with Gasteiger partial charge in [0.2, 0.25) is 5.88 Å². The minimum Gasteiger partial charge on any atom is -0.438 e. The van der Waals surface area contributed by atoms with Crippen LogP contribution in [-0.2, 0) is 6.18 Å². The predicted octanol–water partition coefficient (Wildman–Crippen LogP) is 4.70. The fraction of sp³-hybridized carbons (Fsp3) is 0.154. The van der Waals surface area contributed by atoms with Crippen molar-refractivity contribution in [2.75, 3.05) is 12.4 Å². The van der Waals surface area contributed by atoms with Crippen LogP contribution >= 0.6 is 15.9 Å². The van der Waals surface area contributed by atoms with Crippen LogP contribution in [0.1, 0.15) is 5.56 Å². The molecule has 1 heterocycles. The highest BCUT2D eigenvalue weighted by Crippen LogP contribution is 2.38. The van der Waals surface area contributed by atoms with Crippen LogP contribution in [-0.4, -0.2) is 12.0 Å². The van der Waals surface area contributed by atoms with Crippen LogP contribution < -0.4 is 10.1 Å². The third kappa shape index (κ3) is 3.41. The van der Waals surface area contributed by atoms with E-state index in [0.29, 0.717) is 0 Å². The summed E-state index contributed by atoms with van der Waals surface area (Å²) in [6.07, 6.45) is -3.27. The van der Waals surface area contributed by atoms with E-state index in [1.54, 1.807) is 31.3 Å². The van der Waals surface area contributed by atoms with Crippen molar-refractivity contribution in [3.63, 3.8) is 0 Å². The Bertz CT molecular complexity index is 600. The Morgan fingerprint density at radius 3 is 2.40 bits per heavy atom. The molecule has 0 unspecified atom stereocenters. The Morgan fingerprint density at radius 2 is 1.85 bits per heavy atom. The lowest BCUT2D eigenvalue weighted by molar-refractivity contribution is -0.138. The smallest absolute Gasteiger partial charge is 0.421 e. The molecule has 1 aromatic heterocycles. The van der Waals surface area contributed by atoms with Gasteiger partial charge in [0.1, 0.15) is 11.3 Å². The van der Waals surface area contributed by atoms with Crippen molar-refractivity contribution in [1.29, 1.82) is 0 Å². The maximum atomic E-state index is 12.9. The molecule has 1 aromatic carbocycles. The quantitative estimate of drug-likeness (QED) is 0.874. The highest BCUT2D eigenvalue weighted by Gasteiger charge is 2.35. The standard InChI is InChI=1S/C13H10BrF3N2O/c1-18-9-2-4-10(5-3-9)20-12-11(13(15,16)17)6-8(14)7-19-12/h2-7,18H,1H3. The first-order valence-corrected chi connectivity index (χ1v) is 6.38. The lowest BCUT2D eigenvalue weighted by Crippen LogP contribution is -2.08. The molecule has 0 atom stereocenters. The van der Waals surface area contributed by atoms with E-state index in [2.05, 4.69) is 26.2 Å². The molecule has 106 valence electrons. The van der Waals surface area contributed by atoms with Crippen molar-refractivity contribution >= 4 is 21.6 Å². The molecule has 0 amide bonds. The predicted molar refractivity (Wildman–Crippen MR) is 73.0 cm³/mol. The van der Waals surface area contributed by atoms with Gasteiger partial charge in [0.25, 0.3) is 0 Å². The van der Waals surface area contributed by atoms with E-state index in [1.807, 2.05) is 0 Å². The van der Waals surface area contributed by atoms with Crippen LogP contribution in [0.3, 0.4) is 0 Å². The highest BCUT2D eigenvalue weighted by atomic mass is 79.9. The molecule has 0 fully saturated rings.